The Morgan fingerprint density at radius 3 is 0.182 bits per heavy atom. The van der Waals surface area contributed by atoms with E-state index in [1.54, 1.807) is 0 Å². The van der Waals surface area contributed by atoms with Gasteiger partial charge in [-0.15, -0.1) is 0 Å². The summed E-state index contributed by atoms with van der Waals surface area (Å²) in [5.41, 5.74) is 0. The van der Waals surface area contributed by atoms with Gasteiger partial charge in [-0.2, -0.15) is 0 Å². The van der Waals surface area contributed by atoms with Crippen molar-refractivity contribution in [2.24, 2.45) is 0 Å². The summed E-state index contributed by atoms with van der Waals surface area (Å²) in [7, 11) is 0. The Kier molecular flexibility index (Phi) is 554. The predicted molar refractivity (Wildman–Crippen MR) is 75.1 cm³/mol. The summed E-state index contributed by atoms with van der Waals surface area (Å²) >= 11 is 0. The molecule has 1 nitrogen and oxygen atoms in total. The van der Waals surface area contributed by atoms with Crippen LogP contribution in [0.15, 0.2) is 0 Å². The minimum atomic E-state index is 0. The first-order valence-electron chi connectivity index (χ1n) is 0. The van der Waals surface area contributed by atoms with Crippen LogP contribution >= 0.6 is 0 Å². The third-order valence-corrected chi connectivity index (χ3v) is 0. The van der Waals surface area contributed by atoms with Crippen molar-refractivity contribution in [2.45, 2.75) is 0 Å². The molecule has 0 radical (unpaired) electrons. The number of hydrogen-bond donors (Lipinski definition) is 0. The second-order valence-electron chi connectivity index (χ2n) is 0. The van der Waals surface area contributed by atoms with Gasteiger partial charge in [0.2, 0.25) is 0 Å². The Morgan fingerprint density at radius 1 is 0.182 bits per heavy atom. The van der Waals surface area contributed by atoms with Crippen molar-refractivity contribution in [1.82, 2.24) is 0 Å². The van der Waals surface area contributed by atoms with Gasteiger partial charge < -0.3 is 5.48 Å². The van der Waals surface area contributed by atoms with Gasteiger partial charge in [0, 0.05) is 0 Å². The van der Waals surface area contributed by atoms with E-state index in [-0.39, 0.29) is 301 Å². The topological polar surface area (TPSA) is 31.5 Å². The van der Waals surface area contributed by atoms with Crippen LogP contribution in [0.2, 0.25) is 0 Å². The summed E-state index contributed by atoms with van der Waals surface area (Å²) < 4.78 is 0. The Balaban J connectivity index is 0. The van der Waals surface area contributed by atoms with E-state index in [9.17, 15) is 0 Å². The van der Waals surface area contributed by atoms with Crippen LogP contribution in [0, 0.1) is 0 Å². The normalized spacial score (nSPS) is 0. The standard InChI is InChI=1S/10Na.H2O.10H/h;;;;;;;;;;1H2;;;;;;;;;;. The fourth-order valence-electron chi connectivity index (χ4n) is 0. The zero-order chi connectivity index (χ0) is 0. The SMILES string of the molecule is O.[NaH].[NaH].[NaH].[NaH].[NaH].[NaH].[NaH].[NaH].[NaH].[NaH]. The van der Waals surface area contributed by atoms with Crippen molar-refractivity contribution in [2.75, 3.05) is 0 Å². The molecular formula is H12Na10O. The summed E-state index contributed by atoms with van der Waals surface area (Å²) in [6.07, 6.45) is 0. The van der Waals surface area contributed by atoms with E-state index in [2.05, 4.69) is 0 Å². The van der Waals surface area contributed by atoms with Gasteiger partial charge in [0.05, 0.1) is 0 Å². The van der Waals surface area contributed by atoms with E-state index in [4.69, 9.17) is 0 Å². The first kappa shape index (κ1) is 84.2. The monoisotopic (exact) mass is 258 g/mol. The van der Waals surface area contributed by atoms with Crippen molar-refractivity contribution in [3.8, 4) is 0 Å². The third-order valence-electron chi connectivity index (χ3n) is 0. The molecule has 0 aromatic carbocycles. The second-order valence-corrected chi connectivity index (χ2v) is 0. The first-order chi connectivity index (χ1) is 0. The third kappa shape index (κ3) is 64.9. The Hall–Kier alpha value is 9.96. The van der Waals surface area contributed by atoms with E-state index in [0.717, 1.165) is 0 Å². The van der Waals surface area contributed by atoms with Crippen LogP contribution in [0.3, 0.4) is 0 Å². The van der Waals surface area contributed by atoms with Gasteiger partial charge in [-0.25, -0.2) is 0 Å². The summed E-state index contributed by atoms with van der Waals surface area (Å²) in [6, 6.07) is 0. The molecule has 28 valence electrons. The van der Waals surface area contributed by atoms with E-state index in [0.29, 0.717) is 0 Å². The quantitative estimate of drug-likeness (QED) is 0.387. The molecule has 0 amide bonds. The van der Waals surface area contributed by atoms with E-state index in [1.807, 2.05) is 0 Å². The van der Waals surface area contributed by atoms with Gasteiger partial charge in [0.25, 0.3) is 0 Å². The minimum absolute atomic E-state index is 0. The molecule has 0 atom stereocenters. The average molecular weight is 258 g/mol. The molecule has 0 spiro atoms. The molecule has 2 N–H and O–H groups in total. The molecular weight excluding hydrogens is 246 g/mol. The van der Waals surface area contributed by atoms with Crippen LogP contribution < -0.4 is 0 Å². The maximum absolute atomic E-state index is 0. The Morgan fingerprint density at radius 2 is 0.182 bits per heavy atom. The zero-order valence-electron chi connectivity index (χ0n) is 0.500. The van der Waals surface area contributed by atoms with Crippen molar-refractivity contribution in [3.05, 3.63) is 0 Å². The van der Waals surface area contributed by atoms with Crippen LogP contribution in [-0.2, 0) is 0 Å². The van der Waals surface area contributed by atoms with Crippen molar-refractivity contribution in [1.29, 1.82) is 0 Å². The molecule has 11 heteroatoms. The molecule has 11 heavy (non-hydrogen) atoms. The molecule has 0 aliphatic carbocycles. The van der Waals surface area contributed by atoms with Crippen molar-refractivity contribution >= 4 is 296 Å². The molecule has 0 fully saturated rings. The predicted octanol–water partition coefficient (Wildman–Crippen LogP) is -7.31. The van der Waals surface area contributed by atoms with E-state index >= 15 is 0 Å². The van der Waals surface area contributed by atoms with Crippen LogP contribution in [-0.4, -0.2) is 301 Å². The van der Waals surface area contributed by atoms with Crippen molar-refractivity contribution < 1.29 is 5.48 Å². The molecule has 0 saturated heterocycles. The summed E-state index contributed by atoms with van der Waals surface area (Å²) in [4.78, 5) is 0. The van der Waals surface area contributed by atoms with Gasteiger partial charge in [0.15, 0.2) is 0 Å². The number of rotatable bonds is 0. The van der Waals surface area contributed by atoms with Crippen LogP contribution in [0.4, 0.5) is 0 Å². The van der Waals surface area contributed by atoms with Crippen molar-refractivity contribution in [3.63, 3.8) is 0 Å². The number of hydrogen-bond acceptors (Lipinski definition) is 0. The van der Waals surface area contributed by atoms with Gasteiger partial charge in [0.1, 0.15) is 0 Å². The van der Waals surface area contributed by atoms with Gasteiger partial charge in [-0.05, 0) is 0 Å². The molecule has 0 aromatic heterocycles. The van der Waals surface area contributed by atoms with Gasteiger partial charge in [-0.3, -0.25) is 0 Å². The summed E-state index contributed by atoms with van der Waals surface area (Å²) in [5.74, 6) is 0. The van der Waals surface area contributed by atoms with E-state index in [1.165, 1.54) is 0 Å². The van der Waals surface area contributed by atoms with Gasteiger partial charge in [-0.1, -0.05) is 0 Å². The molecule has 0 rings (SSSR count). The summed E-state index contributed by atoms with van der Waals surface area (Å²) in [6.45, 7) is 0. The molecule has 0 aliphatic heterocycles. The summed E-state index contributed by atoms with van der Waals surface area (Å²) in [5, 5.41) is 0. The molecule has 0 heterocycles. The fraction of sp³-hybridized carbons (Fsp3) is 0. The second kappa shape index (κ2) is 72.3. The maximum atomic E-state index is 0. The molecule has 0 aromatic rings. The molecule has 0 saturated carbocycles. The Bertz CT molecular complexity index is 4.83. The van der Waals surface area contributed by atoms with Crippen LogP contribution in [0.5, 0.6) is 0 Å². The van der Waals surface area contributed by atoms with Crippen LogP contribution in [0.25, 0.3) is 0 Å². The first-order valence-corrected chi connectivity index (χ1v) is 0. The molecule has 0 bridgehead atoms. The molecule has 0 unspecified atom stereocenters. The fourth-order valence-corrected chi connectivity index (χ4v) is 0. The van der Waals surface area contributed by atoms with Gasteiger partial charge >= 0.3 is 296 Å². The average Bonchev–Trinajstić information content (AvgIpc) is 0. The van der Waals surface area contributed by atoms with E-state index < -0.39 is 0 Å². The Labute approximate surface area is 291 Å². The van der Waals surface area contributed by atoms with Crippen LogP contribution in [0.1, 0.15) is 0 Å². The molecule has 0 aliphatic rings. The zero-order valence-corrected chi connectivity index (χ0v) is 0.500.